The number of carbonyl (C=O) groups is 1. The van der Waals surface area contributed by atoms with E-state index in [9.17, 15) is 18.4 Å². The number of aromatic nitrogens is 1. The zero-order valence-electron chi connectivity index (χ0n) is 18.2. The van der Waals surface area contributed by atoms with Gasteiger partial charge in [-0.1, -0.05) is 0 Å². The first-order valence-electron chi connectivity index (χ1n) is 10.6. The molecular formula is C23H21ClF3N3O5. The van der Waals surface area contributed by atoms with Crippen molar-refractivity contribution >= 4 is 35.2 Å². The zero-order valence-corrected chi connectivity index (χ0v) is 19.0. The Hall–Kier alpha value is -3.28. The number of carboxylic acid groups (broad SMARTS) is 1. The van der Waals surface area contributed by atoms with Gasteiger partial charge in [-0.15, -0.1) is 12.4 Å². The summed E-state index contributed by atoms with van der Waals surface area (Å²) in [6, 6.07) is 5.12. The number of hydrogen-bond acceptors (Lipinski definition) is 6. The molecular weight excluding hydrogens is 491 g/mol. The largest absolute Gasteiger partial charge is 0.511 e. The summed E-state index contributed by atoms with van der Waals surface area (Å²) in [7, 11) is 0. The van der Waals surface area contributed by atoms with Crippen LogP contribution in [0.15, 0.2) is 41.3 Å². The normalized spacial score (nSPS) is 21.1. The molecule has 186 valence electrons. The Bertz CT molecular complexity index is 1380. The van der Waals surface area contributed by atoms with Crippen LogP contribution in [0.2, 0.25) is 0 Å². The minimum Gasteiger partial charge on any atom is -0.449 e. The molecule has 2 aliphatic heterocycles. The molecule has 2 unspecified atom stereocenters. The van der Waals surface area contributed by atoms with Crippen LogP contribution in [-0.2, 0) is 4.74 Å². The van der Waals surface area contributed by atoms with E-state index in [0.717, 1.165) is 35.4 Å². The first-order valence-corrected chi connectivity index (χ1v) is 10.6. The van der Waals surface area contributed by atoms with E-state index in [-0.39, 0.29) is 47.1 Å². The summed E-state index contributed by atoms with van der Waals surface area (Å²) in [5, 5.41) is 8.76. The Morgan fingerprint density at radius 3 is 2.60 bits per heavy atom. The van der Waals surface area contributed by atoms with Crippen LogP contribution in [0, 0.1) is 23.4 Å². The molecule has 0 spiro atoms. The van der Waals surface area contributed by atoms with E-state index in [4.69, 9.17) is 15.6 Å². The Kier molecular flexibility index (Phi) is 6.43. The minimum atomic E-state index is -1.77. The van der Waals surface area contributed by atoms with Crippen molar-refractivity contribution in [2.75, 3.05) is 31.1 Å². The van der Waals surface area contributed by atoms with Crippen molar-refractivity contribution < 1.29 is 32.5 Å². The van der Waals surface area contributed by atoms with Gasteiger partial charge in [0.25, 0.3) is 0 Å². The lowest BCUT2D eigenvalue weighted by atomic mass is 9.91. The van der Waals surface area contributed by atoms with Crippen LogP contribution in [0.4, 0.5) is 23.7 Å². The van der Waals surface area contributed by atoms with Crippen LogP contribution in [-0.4, -0.2) is 47.7 Å². The average Bonchev–Trinajstić information content (AvgIpc) is 3.33. The van der Waals surface area contributed by atoms with E-state index in [1.165, 1.54) is 6.07 Å². The number of nitrogens with two attached hydrogens (primary N) is 1. The fourth-order valence-corrected chi connectivity index (χ4v) is 4.94. The third-order valence-electron chi connectivity index (χ3n) is 6.59. The molecule has 3 N–H and O–H groups in total. The second-order valence-electron chi connectivity index (χ2n) is 8.46. The average molecular weight is 512 g/mol. The van der Waals surface area contributed by atoms with Crippen LogP contribution < -0.4 is 20.8 Å². The Balaban J connectivity index is 0.00000289. The van der Waals surface area contributed by atoms with Crippen molar-refractivity contribution in [3.63, 3.8) is 0 Å². The molecule has 35 heavy (non-hydrogen) atoms. The van der Waals surface area contributed by atoms with E-state index in [1.807, 2.05) is 0 Å². The SMILES string of the molecule is Cl.NCC12CN(c3cc4c(cc3F)c(=O)c(OC(=O)O)cn4-c3ccc(F)cc3F)CC1CCO2. The van der Waals surface area contributed by atoms with Gasteiger partial charge in [0.1, 0.15) is 23.1 Å². The topological polar surface area (TPSA) is 107 Å². The van der Waals surface area contributed by atoms with Crippen LogP contribution in [0.1, 0.15) is 6.42 Å². The molecule has 5 rings (SSSR count). The van der Waals surface area contributed by atoms with Gasteiger partial charge in [0, 0.05) is 38.2 Å². The zero-order chi connectivity index (χ0) is 24.2. The lowest BCUT2D eigenvalue weighted by Crippen LogP contribution is -2.44. The van der Waals surface area contributed by atoms with Gasteiger partial charge in [-0.3, -0.25) is 4.79 Å². The van der Waals surface area contributed by atoms with Gasteiger partial charge in [0.2, 0.25) is 5.43 Å². The van der Waals surface area contributed by atoms with Crippen molar-refractivity contribution in [1.29, 1.82) is 0 Å². The number of pyridine rings is 1. The highest BCUT2D eigenvalue weighted by atomic mass is 35.5. The first-order chi connectivity index (χ1) is 16.2. The smallest absolute Gasteiger partial charge is 0.449 e. The molecule has 0 aliphatic carbocycles. The fourth-order valence-electron chi connectivity index (χ4n) is 4.94. The van der Waals surface area contributed by atoms with Crippen LogP contribution in [0.3, 0.4) is 0 Å². The third-order valence-corrected chi connectivity index (χ3v) is 6.59. The number of anilines is 1. The summed E-state index contributed by atoms with van der Waals surface area (Å²) in [5.74, 6) is -3.06. The molecule has 0 saturated carbocycles. The van der Waals surface area contributed by atoms with Gasteiger partial charge in [0.15, 0.2) is 5.75 Å². The van der Waals surface area contributed by atoms with Crippen molar-refractivity contribution in [3.8, 4) is 11.4 Å². The number of fused-ring (bicyclic) bond motifs is 2. The summed E-state index contributed by atoms with van der Waals surface area (Å²) in [5.41, 5.74) is 4.54. The first kappa shape index (κ1) is 24.8. The number of ether oxygens (including phenoxy) is 2. The fraction of sp³-hybridized carbons (Fsp3) is 0.304. The molecule has 1 aromatic heterocycles. The molecule has 3 heterocycles. The Morgan fingerprint density at radius 2 is 1.94 bits per heavy atom. The second-order valence-corrected chi connectivity index (χ2v) is 8.46. The van der Waals surface area contributed by atoms with Crippen LogP contribution >= 0.6 is 12.4 Å². The predicted octanol–water partition coefficient (Wildman–Crippen LogP) is 3.44. The third kappa shape index (κ3) is 4.09. The molecule has 8 nitrogen and oxygen atoms in total. The van der Waals surface area contributed by atoms with E-state index in [0.29, 0.717) is 25.8 Å². The maximum absolute atomic E-state index is 15.3. The molecule has 2 saturated heterocycles. The molecule has 2 aliphatic rings. The molecule has 2 aromatic carbocycles. The lowest BCUT2D eigenvalue weighted by Gasteiger charge is -2.27. The van der Waals surface area contributed by atoms with Gasteiger partial charge in [0.05, 0.1) is 28.5 Å². The van der Waals surface area contributed by atoms with Crippen molar-refractivity contribution in [1.82, 2.24) is 4.57 Å². The van der Waals surface area contributed by atoms with E-state index in [1.54, 1.807) is 4.90 Å². The van der Waals surface area contributed by atoms with Crippen molar-refractivity contribution in [3.05, 3.63) is 64.2 Å². The second kappa shape index (κ2) is 9.06. The molecule has 2 fully saturated rings. The number of rotatable bonds is 4. The Labute approximate surface area is 203 Å². The number of hydrogen-bond donors (Lipinski definition) is 2. The molecule has 0 bridgehead atoms. The molecule has 0 radical (unpaired) electrons. The molecule has 2 atom stereocenters. The maximum Gasteiger partial charge on any atom is 0.511 e. The van der Waals surface area contributed by atoms with Gasteiger partial charge >= 0.3 is 6.16 Å². The summed E-state index contributed by atoms with van der Waals surface area (Å²) in [6.45, 7) is 1.66. The summed E-state index contributed by atoms with van der Waals surface area (Å²) < 4.78 is 55.0. The highest BCUT2D eigenvalue weighted by Crippen LogP contribution is 2.41. The number of halogens is 4. The molecule has 12 heteroatoms. The monoisotopic (exact) mass is 511 g/mol. The van der Waals surface area contributed by atoms with Gasteiger partial charge in [-0.05, 0) is 30.7 Å². The van der Waals surface area contributed by atoms with Crippen LogP contribution in [0.5, 0.6) is 5.75 Å². The van der Waals surface area contributed by atoms with Gasteiger partial charge in [-0.25, -0.2) is 18.0 Å². The standard InChI is InChI=1S/C23H20F3N3O5.ClH/c24-13-1-2-17(15(25)5-13)29-9-20(34-22(31)32)21(30)14-6-16(26)19(7-18(14)29)28-8-12-3-4-33-23(12,10-27)11-28;/h1-2,5-7,9,12H,3-4,8,10-11,27H2,(H,31,32);1H. The molecule has 3 aromatic rings. The maximum atomic E-state index is 15.3. The van der Waals surface area contributed by atoms with Gasteiger partial charge in [-0.2, -0.15) is 0 Å². The van der Waals surface area contributed by atoms with E-state index >= 15 is 4.39 Å². The van der Waals surface area contributed by atoms with Crippen LogP contribution in [0.25, 0.3) is 16.6 Å². The van der Waals surface area contributed by atoms with Crippen molar-refractivity contribution in [2.45, 2.75) is 12.0 Å². The summed E-state index contributed by atoms with van der Waals surface area (Å²) >= 11 is 0. The highest BCUT2D eigenvalue weighted by molar-refractivity contribution is 5.86. The van der Waals surface area contributed by atoms with Crippen molar-refractivity contribution in [2.24, 2.45) is 11.7 Å². The Morgan fingerprint density at radius 1 is 1.20 bits per heavy atom. The van der Waals surface area contributed by atoms with Gasteiger partial charge < -0.3 is 29.8 Å². The molecule has 0 amide bonds. The summed E-state index contributed by atoms with van der Waals surface area (Å²) in [4.78, 5) is 25.7. The quantitative estimate of drug-likeness (QED) is 0.517. The number of nitrogens with zero attached hydrogens (tertiary/aromatic N) is 2. The highest BCUT2D eigenvalue weighted by Gasteiger charge is 2.50. The minimum absolute atomic E-state index is 0. The summed E-state index contributed by atoms with van der Waals surface area (Å²) in [6.07, 6.45) is -0.0000529. The van der Waals surface area contributed by atoms with E-state index in [2.05, 4.69) is 4.74 Å². The lowest BCUT2D eigenvalue weighted by molar-refractivity contribution is 0.0126. The van der Waals surface area contributed by atoms with E-state index < -0.39 is 40.4 Å². The number of benzene rings is 2. The predicted molar refractivity (Wildman–Crippen MR) is 123 cm³/mol.